The zero-order chi connectivity index (χ0) is 23.2. The summed E-state index contributed by atoms with van der Waals surface area (Å²) in [7, 11) is -3.94. The van der Waals surface area contributed by atoms with Crippen molar-refractivity contribution < 1.29 is 31.1 Å². The van der Waals surface area contributed by atoms with E-state index in [2.05, 4.69) is 25.1 Å². The molecule has 2 aromatic rings. The van der Waals surface area contributed by atoms with Crippen molar-refractivity contribution in [3.05, 3.63) is 54.4 Å². The molecule has 0 spiro atoms. The fraction of sp³-hybridized carbons (Fsp3) is 0.400. The third-order valence-electron chi connectivity index (χ3n) is 4.85. The maximum atomic E-state index is 12.6. The van der Waals surface area contributed by atoms with Gasteiger partial charge in [0, 0.05) is 30.7 Å². The van der Waals surface area contributed by atoms with Crippen molar-refractivity contribution in [1.29, 1.82) is 0 Å². The number of alkyl halides is 3. The van der Waals surface area contributed by atoms with Gasteiger partial charge in [0.2, 0.25) is 10.0 Å². The third-order valence-corrected chi connectivity index (χ3v) is 6.38. The molecule has 2 amide bonds. The van der Waals surface area contributed by atoms with Gasteiger partial charge in [0.25, 0.3) is 0 Å². The Bertz CT molecular complexity index is 1000. The zero-order valence-electron chi connectivity index (χ0n) is 16.9. The van der Waals surface area contributed by atoms with Crippen molar-refractivity contribution in [3.8, 4) is 0 Å². The lowest BCUT2D eigenvalue weighted by Crippen LogP contribution is -2.41. The van der Waals surface area contributed by atoms with E-state index in [0.717, 1.165) is 5.56 Å². The Balaban J connectivity index is 1.53. The van der Waals surface area contributed by atoms with Crippen molar-refractivity contribution in [3.63, 3.8) is 0 Å². The Kier molecular flexibility index (Phi) is 7.69. The van der Waals surface area contributed by atoms with Crippen LogP contribution in [0.15, 0.2) is 53.7 Å². The van der Waals surface area contributed by atoms with Gasteiger partial charge in [0.1, 0.15) is 0 Å². The fourth-order valence-corrected chi connectivity index (χ4v) is 4.70. The summed E-state index contributed by atoms with van der Waals surface area (Å²) in [6, 6.07) is 7.90. The molecule has 1 saturated carbocycles. The highest BCUT2D eigenvalue weighted by atomic mass is 32.2. The van der Waals surface area contributed by atoms with E-state index in [0.29, 0.717) is 18.5 Å². The molecule has 0 radical (unpaired) electrons. The van der Waals surface area contributed by atoms with E-state index in [1.165, 1.54) is 24.3 Å². The normalized spacial score (nSPS) is 19.3. The molecule has 1 fully saturated rings. The molecule has 1 aromatic heterocycles. The van der Waals surface area contributed by atoms with Crippen molar-refractivity contribution >= 4 is 21.7 Å². The highest BCUT2D eigenvalue weighted by Crippen LogP contribution is 2.28. The number of urea groups is 1. The molecule has 174 valence electrons. The number of nitrogens with zero attached hydrogens (tertiary/aromatic N) is 1. The van der Waals surface area contributed by atoms with Crippen LogP contribution in [0, 0.1) is 0 Å². The number of anilines is 1. The zero-order valence-corrected chi connectivity index (χ0v) is 17.7. The number of pyridine rings is 1. The van der Waals surface area contributed by atoms with Gasteiger partial charge in [-0.05, 0) is 61.6 Å². The van der Waals surface area contributed by atoms with Crippen molar-refractivity contribution in [2.75, 3.05) is 5.32 Å². The number of nitrogens with one attached hydrogen (secondary N) is 3. The lowest BCUT2D eigenvalue weighted by atomic mass is 9.94. The molecular weight excluding hydrogens is 449 g/mol. The summed E-state index contributed by atoms with van der Waals surface area (Å²) >= 11 is 0. The summed E-state index contributed by atoms with van der Waals surface area (Å²) in [5, 5.41) is 5.25. The first-order valence-electron chi connectivity index (χ1n) is 9.91. The number of benzene rings is 1. The molecule has 0 aliphatic heterocycles. The number of aromatic nitrogens is 1. The summed E-state index contributed by atoms with van der Waals surface area (Å²) in [4.78, 5) is 15.9. The minimum atomic E-state index is -4.75. The quantitative estimate of drug-likeness (QED) is 0.571. The van der Waals surface area contributed by atoms with Gasteiger partial charge >= 0.3 is 12.4 Å². The summed E-state index contributed by atoms with van der Waals surface area (Å²) in [6.07, 6.45) is -1.57. The molecule has 3 rings (SSSR count). The Morgan fingerprint density at radius 3 is 2.56 bits per heavy atom. The van der Waals surface area contributed by atoms with Crippen LogP contribution in [-0.2, 0) is 21.3 Å². The Labute approximate surface area is 183 Å². The molecule has 0 bridgehead atoms. The van der Waals surface area contributed by atoms with E-state index in [4.69, 9.17) is 0 Å². The smallest absolute Gasteiger partial charge is 0.334 e. The lowest BCUT2D eigenvalue weighted by molar-refractivity contribution is -0.345. The minimum absolute atomic E-state index is 0.0577. The average molecular weight is 472 g/mol. The first kappa shape index (κ1) is 24.0. The number of amides is 2. The SMILES string of the molecule is O=C(NCc1cccnc1)Nc1ccc(S(=O)(=O)NC2CCCC(OC(F)(F)F)C2)cc1. The van der Waals surface area contributed by atoms with Crippen molar-refractivity contribution in [1.82, 2.24) is 15.0 Å². The molecule has 1 aliphatic rings. The Hall–Kier alpha value is -2.70. The average Bonchev–Trinajstić information content (AvgIpc) is 2.72. The maximum absolute atomic E-state index is 12.6. The number of halogens is 3. The molecule has 2 atom stereocenters. The monoisotopic (exact) mass is 472 g/mol. The highest BCUT2D eigenvalue weighted by molar-refractivity contribution is 7.89. The predicted molar refractivity (Wildman–Crippen MR) is 110 cm³/mol. The predicted octanol–water partition coefficient (Wildman–Crippen LogP) is 3.53. The summed E-state index contributed by atoms with van der Waals surface area (Å²) < 4.78 is 69.0. The number of carbonyl (C=O) groups is 1. The highest BCUT2D eigenvalue weighted by Gasteiger charge is 2.36. The largest absolute Gasteiger partial charge is 0.522 e. The fourth-order valence-electron chi connectivity index (χ4n) is 3.41. The van der Waals surface area contributed by atoms with E-state index >= 15 is 0 Å². The molecule has 3 N–H and O–H groups in total. The summed E-state index contributed by atoms with van der Waals surface area (Å²) in [5.74, 6) is 0. The molecule has 1 aromatic carbocycles. The van der Waals surface area contributed by atoms with Gasteiger partial charge in [-0.25, -0.2) is 17.9 Å². The minimum Gasteiger partial charge on any atom is -0.334 e. The standard InChI is InChI=1S/C20H23F3N4O4S/c21-20(22,23)31-17-5-1-4-16(11-17)27-32(29,30)18-8-6-15(7-9-18)26-19(28)25-13-14-3-2-10-24-12-14/h2-3,6-10,12,16-17,27H,1,4-5,11,13H2,(H2,25,26,28). The first-order chi connectivity index (χ1) is 15.1. The van der Waals surface area contributed by atoms with Gasteiger partial charge in [-0.3, -0.25) is 9.72 Å². The van der Waals surface area contributed by atoms with Crippen LogP contribution in [0.25, 0.3) is 0 Å². The Morgan fingerprint density at radius 1 is 1.16 bits per heavy atom. The number of rotatable bonds is 7. The molecule has 12 heteroatoms. The maximum Gasteiger partial charge on any atom is 0.522 e. The van der Waals surface area contributed by atoms with E-state index < -0.39 is 34.6 Å². The Morgan fingerprint density at radius 2 is 1.91 bits per heavy atom. The van der Waals surface area contributed by atoms with E-state index in [1.807, 2.05) is 6.07 Å². The van der Waals surface area contributed by atoms with E-state index in [-0.39, 0.29) is 24.3 Å². The van der Waals surface area contributed by atoms with Crippen LogP contribution in [0.2, 0.25) is 0 Å². The number of sulfonamides is 1. The second-order valence-electron chi connectivity index (χ2n) is 7.36. The van der Waals surface area contributed by atoms with Gasteiger partial charge in [0.15, 0.2) is 0 Å². The second kappa shape index (κ2) is 10.3. The topological polar surface area (TPSA) is 109 Å². The molecule has 8 nitrogen and oxygen atoms in total. The number of hydrogen-bond acceptors (Lipinski definition) is 5. The number of carbonyl (C=O) groups excluding carboxylic acids is 1. The van der Waals surface area contributed by atoms with Gasteiger partial charge in [-0.1, -0.05) is 6.07 Å². The van der Waals surface area contributed by atoms with Crippen LogP contribution < -0.4 is 15.4 Å². The van der Waals surface area contributed by atoms with Crippen LogP contribution in [0.4, 0.5) is 23.7 Å². The molecule has 32 heavy (non-hydrogen) atoms. The van der Waals surface area contributed by atoms with E-state index in [9.17, 15) is 26.4 Å². The molecule has 1 heterocycles. The van der Waals surface area contributed by atoms with Gasteiger partial charge in [-0.2, -0.15) is 0 Å². The summed E-state index contributed by atoms with van der Waals surface area (Å²) in [6.45, 7) is 0.274. The van der Waals surface area contributed by atoms with Gasteiger partial charge in [0.05, 0.1) is 11.0 Å². The summed E-state index contributed by atoms with van der Waals surface area (Å²) in [5.41, 5.74) is 1.20. The van der Waals surface area contributed by atoms with Gasteiger partial charge < -0.3 is 10.6 Å². The van der Waals surface area contributed by atoms with Crippen LogP contribution in [0.1, 0.15) is 31.2 Å². The van der Waals surface area contributed by atoms with Crippen LogP contribution >= 0.6 is 0 Å². The van der Waals surface area contributed by atoms with Crippen molar-refractivity contribution in [2.24, 2.45) is 0 Å². The van der Waals surface area contributed by atoms with Crippen molar-refractivity contribution in [2.45, 2.75) is 55.6 Å². The lowest BCUT2D eigenvalue weighted by Gasteiger charge is -2.29. The molecule has 0 saturated heterocycles. The number of ether oxygens (including phenoxy) is 1. The molecule has 1 aliphatic carbocycles. The van der Waals surface area contributed by atoms with Crippen LogP contribution in [0.3, 0.4) is 0 Å². The van der Waals surface area contributed by atoms with Crippen LogP contribution in [-0.4, -0.2) is 37.9 Å². The molecular formula is C20H23F3N4O4S. The van der Waals surface area contributed by atoms with Gasteiger partial charge in [-0.15, -0.1) is 13.2 Å². The first-order valence-corrected chi connectivity index (χ1v) is 11.4. The van der Waals surface area contributed by atoms with E-state index in [1.54, 1.807) is 18.5 Å². The van der Waals surface area contributed by atoms with Crippen LogP contribution in [0.5, 0.6) is 0 Å². The molecule has 2 unspecified atom stereocenters. The third kappa shape index (κ3) is 7.46. The second-order valence-corrected chi connectivity index (χ2v) is 9.08. The number of hydrogen-bond donors (Lipinski definition) is 3.